The zero-order valence-corrected chi connectivity index (χ0v) is 12.9. The molecule has 1 aromatic carbocycles. The van der Waals surface area contributed by atoms with Gasteiger partial charge in [-0.1, -0.05) is 24.3 Å². The summed E-state index contributed by atoms with van der Waals surface area (Å²) < 4.78 is 0. The van der Waals surface area contributed by atoms with Crippen molar-refractivity contribution in [1.82, 2.24) is 4.98 Å². The summed E-state index contributed by atoms with van der Waals surface area (Å²) in [6.07, 6.45) is 8.52. The molecule has 0 aliphatic heterocycles. The Labute approximate surface area is 131 Å². The fourth-order valence-electron chi connectivity index (χ4n) is 4.81. The highest BCUT2D eigenvalue weighted by Crippen LogP contribution is 2.52. The first-order chi connectivity index (χ1) is 10.8. The van der Waals surface area contributed by atoms with Crippen molar-refractivity contribution in [2.45, 2.75) is 31.8 Å². The van der Waals surface area contributed by atoms with Crippen LogP contribution in [0.1, 0.15) is 37.4 Å². The molecule has 0 spiro atoms. The predicted molar refractivity (Wildman–Crippen MR) is 89.3 cm³/mol. The van der Waals surface area contributed by atoms with Crippen LogP contribution in [0.5, 0.6) is 0 Å². The van der Waals surface area contributed by atoms with Crippen molar-refractivity contribution >= 4 is 10.9 Å². The smallest absolute Gasteiger partial charge is 0.0828 e. The van der Waals surface area contributed by atoms with Gasteiger partial charge in [-0.2, -0.15) is 0 Å². The van der Waals surface area contributed by atoms with E-state index in [2.05, 4.69) is 23.7 Å². The van der Waals surface area contributed by atoms with Gasteiger partial charge in [-0.3, -0.25) is 4.98 Å². The normalized spacial score (nSPS) is 32.0. The number of hydrogen-bond acceptors (Lipinski definition) is 2. The fraction of sp³-hybridized carbons (Fsp3) is 0.450. The molecular formula is C20H23NO. The van der Waals surface area contributed by atoms with E-state index in [1.807, 2.05) is 30.5 Å². The number of benzene rings is 1. The number of pyridine rings is 1. The van der Waals surface area contributed by atoms with Crippen molar-refractivity contribution in [3.8, 4) is 0 Å². The Kier molecular flexibility index (Phi) is 3.50. The second kappa shape index (κ2) is 5.51. The third-order valence-corrected chi connectivity index (χ3v) is 5.98. The Morgan fingerprint density at radius 2 is 1.95 bits per heavy atom. The number of aliphatic hydroxyl groups is 1. The molecule has 3 aliphatic rings. The van der Waals surface area contributed by atoms with Crippen LogP contribution in [0.3, 0.4) is 0 Å². The van der Waals surface area contributed by atoms with E-state index in [1.54, 1.807) is 0 Å². The lowest BCUT2D eigenvalue weighted by Crippen LogP contribution is -2.39. The van der Waals surface area contributed by atoms with Gasteiger partial charge in [-0.25, -0.2) is 0 Å². The Hall–Kier alpha value is -1.67. The summed E-state index contributed by atoms with van der Waals surface area (Å²) in [6, 6.07) is 10.1. The van der Waals surface area contributed by atoms with Crippen molar-refractivity contribution in [1.29, 1.82) is 0 Å². The molecule has 2 aromatic rings. The summed E-state index contributed by atoms with van der Waals surface area (Å²) in [7, 11) is 0. The molecule has 0 saturated heterocycles. The molecule has 114 valence electrons. The van der Waals surface area contributed by atoms with E-state index < -0.39 is 0 Å². The van der Waals surface area contributed by atoms with Crippen molar-refractivity contribution in [2.24, 2.45) is 23.7 Å². The van der Waals surface area contributed by atoms with Crippen LogP contribution in [0.2, 0.25) is 0 Å². The van der Waals surface area contributed by atoms with Crippen LogP contribution >= 0.6 is 0 Å². The van der Waals surface area contributed by atoms with Crippen LogP contribution in [0, 0.1) is 23.7 Å². The van der Waals surface area contributed by atoms with Crippen LogP contribution < -0.4 is 0 Å². The molecule has 3 aliphatic carbocycles. The van der Waals surface area contributed by atoms with Crippen molar-refractivity contribution in [2.75, 3.05) is 0 Å². The Bertz CT molecular complexity index is 690. The van der Waals surface area contributed by atoms with E-state index >= 15 is 0 Å². The molecule has 2 nitrogen and oxygen atoms in total. The third-order valence-electron chi connectivity index (χ3n) is 5.98. The maximum Gasteiger partial charge on any atom is 0.0828 e. The predicted octanol–water partition coefficient (Wildman–Crippen LogP) is 4.51. The van der Waals surface area contributed by atoms with Gasteiger partial charge in [0.15, 0.2) is 0 Å². The quantitative estimate of drug-likeness (QED) is 0.845. The molecule has 3 fully saturated rings. The van der Waals surface area contributed by atoms with Gasteiger partial charge in [0, 0.05) is 11.6 Å². The third kappa shape index (κ3) is 2.17. The van der Waals surface area contributed by atoms with Gasteiger partial charge in [0.25, 0.3) is 0 Å². The van der Waals surface area contributed by atoms with E-state index in [9.17, 15) is 5.11 Å². The summed E-state index contributed by atoms with van der Waals surface area (Å²) in [4.78, 5) is 4.42. The zero-order valence-electron chi connectivity index (χ0n) is 12.9. The Morgan fingerprint density at radius 3 is 2.73 bits per heavy atom. The van der Waals surface area contributed by atoms with Gasteiger partial charge in [-0.15, -0.1) is 6.58 Å². The molecule has 1 aromatic heterocycles. The molecular weight excluding hydrogens is 270 g/mol. The molecule has 0 unspecified atom stereocenters. The van der Waals surface area contributed by atoms with Crippen LogP contribution in [0.4, 0.5) is 0 Å². The number of aromatic nitrogens is 1. The topological polar surface area (TPSA) is 33.1 Å². The van der Waals surface area contributed by atoms with Gasteiger partial charge >= 0.3 is 0 Å². The van der Waals surface area contributed by atoms with Crippen LogP contribution in [0.25, 0.3) is 10.9 Å². The van der Waals surface area contributed by atoms with Crippen molar-refractivity contribution in [3.05, 3.63) is 54.7 Å². The summed E-state index contributed by atoms with van der Waals surface area (Å²) in [5.74, 6) is 2.40. The highest BCUT2D eigenvalue weighted by atomic mass is 16.3. The van der Waals surface area contributed by atoms with E-state index in [-0.39, 0.29) is 6.10 Å². The monoisotopic (exact) mass is 293 g/mol. The fourth-order valence-corrected chi connectivity index (χ4v) is 4.81. The molecule has 0 radical (unpaired) electrons. The SMILES string of the molecule is C=C[C@@H]1C[C@@H]2CC[C@@H]1C[C@@H]2[C@H](O)c1ccnc2ccccc12. The molecule has 22 heavy (non-hydrogen) atoms. The number of fused-ring (bicyclic) bond motifs is 4. The largest absolute Gasteiger partial charge is 0.388 e. The molecule has 5 rings (SSSR count). The molecule has 0 amide bonds. The van der Waals surface area contributed by atoms with Gasteiger partial charge in [-0.05, 0) is 67.1 Å². The standard InChI is InChI=1S/C20H23NO/c1-2-13-11-15-8-7-14(13)12-18(15)20(22)17-9-10-21-19-6-4-3-5-16(17)19/h2-6,9-10,13-15,18,20,22H,1,7-8,11-12H2/t13-,14-,15+,18+,20-/m1/s1. The van der Waals surface area contributed by atoms with Gasteiger partial charge in [0.2, 0.25) is 0 Å². The van der Waals surface area contributed by atoms with E-state index in [0.29, 0.717) is 17.8 Å². The maximum absolute atomic E-state index is 11.1. The number of para-hydroxylation sites is 1. The number of allylic oxidation sites excluding steroid dienone is 1. The molecule has 2 bridgehead atoms. The highest BCUT2D eigenvalue weighted by Gasteiger charge is 2.43. The lowest BCUT2D eigenvalue weighted by atomic mass is 9.58. The lowest BCUT2D eigenvalue weighted by molar-refractivity contribution is -0.0217. The first kappa shape index (κ1) is 14.0. The van der Waals surface area contributed by atoms with Gasteiger partial charge in [0.1, 0.15) is 0 Å². The van der Waals surface area contributed by atoms with E-state index in [0.717, 1.165) is 28.8 Å². The number of rotatable bonds is 3. The van der Waals surface area contributed by atoms with Crippen molar-refractivity contribution < 1.29 is 5.11 Å². The second-order valence-corrected chi connectivity index (χ2v) is 6.99. The minimum Gasteiger partial charge on any atom is -0.388 e. The number of nitrogens with zero attached hydrogens (tertiary/aromatic N) is 1. The Morgan fingerprint density at radius 1 is 1.14 bits per heavy atom. The first-order valence-electron chi connectivity index (χ1n) is 8.42. The molecule has 2 heteroatoms. The minimum atomic E-state index is -0.369. The number of hydrogen-bond donors (Lipinski definition) is 1. The zero-order chi connectivity index (χ0) is 15.1. The summed E-state index contributed by atoms with van der Waals surface area (Å²) >= 11 is 0. The van der Waals surface area contributed by atoms with Gasteiger partial charge < -0.3 is 5.11 Å². The van der Waals surface area contributed by atoms with Crippen molar-refractivity contribution in [3.63, 3.8) is 0 Å². The van der Waals surface area contributed by atoms with E-state index in [1.165, 1.54) is 19.3 Å². The lowest BCUT2D eigenvalue weighted by Gasteiger charge is -2.48. The first-order valence-corrected chi connectivity index (χ1v) is 8.42. The van der Waals surface area contributed by atoms with E-state index in [4.69, 9.17) is 0 Å². The minimum absolute atomic E-state index is 0.369. The Balaban J connectivity index is 1.67. The van der Waals surface area contributed by atoms with Gasteiger partial charge in [0.05, 0.1) is 11.6 Å². The van der Waals surface area contributed by atoms with Crippen LogP contribution in [-0.4, -0.2) is 10.1 Å². The average molecular weight is 293 g/mol. The number of aliphatic hydroxyl groups excluding tert-OH is 1. The molecule has 1 heterocycles. The summed E-state index contributed by atoms with van der Waals surface area (Å²) in [5, 5.41) is 12.2. The summed E-state index contributed by atoms with van der Waals surface area (Å²) in [5.41, 5.74) is 2.03. The molecule has 3 saturated carbocycles. The molecule has 1 N–H and O–H groups in total. The maximum atomic E-state index is 11.1. The molecule has 5 atom stereocenters. The summed E-state index contributed by atoms with van der Waals surface area (Å²) in [6.45, 7) is 4.00. The second-order valence-electron chi connectivity index (χ2n) is 6.99. The highest BCUT2D eigenvalue weighted by molar-refractivity contribution is 5.82. The average Bonchev–Trinajstić information content (AvgIpc) is 2.60. The van der Waals surface area contributed by atoms with Crippen LogP contribution in [0.15, 0.2) is 49.2 Å². The van der Waals surface area contributed by atoms with Crippen LogP contribution in [-0.2, 0) is 0 Å².